The third-order valence-corrected chi connectivity index (χ3v) is 4.22. The van der Waals surface area contributed by atoms with Crippen LogP contribution in [-0.2, 0) is 6.54 Å². The number of pyridine rings is 1. The molecule has 2 nitrogen and oxygen atoms in total. The number of alkyl halides is 1. The van der Waals surface area contributed by atoms with Crippen molar-refractivity contribution in [2.45, 2.75) is 13.0 Å². The molecular weight excluding hydrogens is 464 g/mol. The van der Waals surface area contributed by atoms with Crippen LogP contribution in [0, 0.1) is 0 Å². The summed E-state index contributed by atoms with van der Waals surface area (Å²) in [4.78, 5) is 2.22. The van der Waals surface area contributed by atoms with E-state index in [-0.39, 0.29) is 17.0 Å². The van der Waals surface area contributed by atoms with E-state index in [1.165, 1.54) is 28.3 Å². The van der Waals surface area contributed by atoms with Crippen molar-refractivity contribution in [2.75, 3.05) is 26.5 Å². The van der Waals surface area contributed by atoms with E-state index < -0.39 is 0 Å². The first kappa shape index (κ1) is 23.5. The Hall–Kier alpha value is -1.49. The first-order valence-corrected chi connectivity index (χ1v) is 10.5. The number of fused-ring (bicyclic) bond motifs is 1. The zero-order valence-electron chi connectivity index (χ0n) is 16.3. The van der Waals surface area contributed by atoms with E-state index in [2.05, 4.69) is 119 Å². The lowest BCUT2D eigenvalue weighted by Gasteiger charge is -2.06. The fourth-order valence-electron chi connectivity index (χ4n) is 2.88. The first-order chi connectivity index (χ1) is 12.7. The van der Waals surface area contributed by atoms with Crippen LogP contribution in [0.4, 0.5) is 0 Å². The fourth-order valence-corrected chi connectivity index (χ4v) is 2.88. The summed E-state index contributed by atoms with van der Waals surface area (Å²) in [5.41, 5.74) is 2.49. The highest BCUT2D eigenvalue weighted by atomic mass is 79.9. The SMILES string of the molecule is CBr.CN(C)CCC[n+]1ccc(/C=C/c2cccc3ccccc23)cc1.[Br-]. The quantitative estimate of drug-likeness (QED) is 0.379. The predicted octanol–water partition coefficient (Wildman–Crippen LogP) is 2.26. The lowest BCUT2D eigenvalue weighted by molar-refractivity contribution is -0.697. The summed E-state index contributed by atoms with van der Waals surface area (Å²) >= 11 is 2.94. The second kappa shape index (κ2) is 12.8. The molecule has 4 heteroatoms. The number of rotatable bonds is 6. The highest BCUT2D eigenvalue weighted by molar-refractivity contribution is 9.08. The van der Waals surface area contributed by atoms with Crippen LogP contribution in [0.5, 0.6) is 0 Å². The van der Waals surface area contributed by atoms with Gasteiger partial charge in [0.2, 0.25) is 0 Å². The molecule has 0 aliphatic carbocycles. The summed E-state index contributed by atoms with van der Waals surface area (Å²) < 4.78 is 2.25. The Kier molecular flexibility index (Phi) is 11.2. The Bertz CT molecular complexity index is 822. The molecule has 0 N–H and O–H groups in total. The third kappa shape index (κ3) is 7.57. The summed E-state index contributed by atoms with van der Waals surface area (Å²) in [6.45, 7) is 2.18. The van der Waals surface area contributed by atoms with Crippen LogP contribution in [0.1, 0.15) is 17.5 Å². The van der Waals surface area contributed by atoms with Crippen molar-refractivity contribution in [3.63, 3.8) is 0 Å². The molecule has 0 aliphatic rings. The molecule has 0 fully saturated rings. The van der Waals surface area contributed by atoms with Crippen molar-refractivity contribution < 1.29 is 21.5 Å². The Balaban J connectivity index is 0.00000118. The molecule has 27 heavy (non-hydrogen) atoms. The number of aromatic nitrogens is 1. The molecule has 0 unspecified atom stereocenters. The van der Waals surface area contributed by atoms with Gasteiger partial charge in [0.05, 0.1) is 0 Å². The topological polar surface area (TPSA) is 7.12 Å². The van der Waals surface area contributed by atoms with E-state index in [1.54, 1.807) is 0 Å². The molecule has 0 atom stereocenters. The highest BCUT2D eigenvalue weighted by Gasteiger charge is 2.01. The van der Waals surface area contributed by atoms with Crippen LogP contribution in [0.2, 0.25) is 0 Å². The van der Waals surface area contributed by atoms with Gasteiger partial charge in [-0.3, -0.25) is 0 Å². The third-order valence-electron chi connectivity index (χ3n) is 4.22. The first-order valence-electron chi connectivity index (χ1n) is 8.90. The second-order valence-electron chi connectivity index (χ2n) is 6.43. The Morgan fingerprint density at radius 1 is 0.889 bits per heavy atom. The van der Waals surface area contributed by atoms with Gasteiger partial charge in [-0.15, -0.1) is 0 Å². The van der Waals surface area contributed by atoms with Gasteiger partial charge in [0.15, 0.2) is 12.4 Å². The van der Waals surface area contributed by atoms with Crippen LogP contribution in [0.3, 0.4) is 0 Å². The minimum absolute atomic E-state index is 0. The molecule has 0 saturated carbocycles. The van der Waals surface area contributed by atoms with E-state index in [0.717, 1.165) is 13.1 Å². The molecule has 0 spiro atoms. The van der Waals surface area contributed by atoms with Crippen LogP contribution < -0.4 is 21.5 Å². The van der Waals surface area contributed by atoms with Gasteiger partial charge in [-0.2, -0.15) is 0 Å². The smallest absolute Gasteiger partial charge is 0.169 e. The Labute approximate surface area is 182 Å². The number of benzene rings is 2. The monoisotopic (exact) mass is 490 g/mol. The van der Waals surface area contributed by atoms with Gasteiger partial charge in [-0.1, -0.05) is 70.5 Å². The molecule has 3 aromatic rings. The van der Waals surface area contributed by atoms with E-state index in [0.29, 0.717) is 0 Å². The van der Waals surface area contributed by atoms with E-state index in [9.17, 15) is 0 Å². The van der Waals surface area contributed by atoms with E-state index in [4.69, 9.17) is 0 Å². The Morgan fingerprint density at radius 2 is 1.56 bits per heavy atom. The minimum Gasteiger partial charge on any atom is -1.00 e. The summed E-state index contributed by atoms with van der Waals surface area (Å²) in [5.74, 6) is 1.81. The van der Waals surface area contributed by atoms with Gasteiger partial charge >= 0.3 is 0 Å². The predicted molar refractivity (Wildman–Crippen MR) is 118 cm³/mol. The number of hydrogen-bond donors (Lipinski definition) is 0. The number of aryl methyl sites for hydroxylation is 1. The highest BCUT2D eigenvalue weighted by Crippen LogP contribution is 2.20. The molecule has 2 aromatic carbocycles. The zero-order valence-corrected chi connectivity index (χ0v) is 19.4. The lowest BCUT2D eigenvalue weighted by Crippen LogP contribution is -3.00. The maximum atomic E-state index is 2.94. The van der Waals surface area contributed by atoms with E-state index in [1.807, 2.05) is 5.83 Å². The molecule has 1 heterocycles. The average molecular weight is 492 g/mol. The van der Waals surface area contributed by atoms with Gasteiger partial charge in [-0.25, -0.2) is 4.57 Å². The molecule has 0 aliphatic heterocycles. The maximum Gasteiger partial charge on any atom is 0.169 e. The van der Waals surface area contributed by atoms with Gasteiger partial charge < -0.3 is 21.9 Å². The van der Waals surface area contributed by atoms with Crippen molar-refractivity contribution in [3.05, 3.63) is 78.1 Å². The molecule has 0 saturated heterocycles. The van der Waals surface area contributed by atoms with Crippen molar-refractivity contribution in [3.8, 4) is 0 Å². The van der Waals surface area contributed by atoms with Crippen LogP contribution in [0.15, 0.2) is 67.0 Å². The molecule has 144 valence electrons. The summed E-state index contributed by atoms with van der Waals surface area (Å²) in [6.07, 6.45) is 9.89. The van der Waals surface area contributed by atoms with Crippen molar-refractivity contribution >= 4 is 38.9 Å². The van der Waals surface area contributed by atoms with Gasteiger partial charge in [-0.05, 0) is 41.8 Å². The second-order valence-corrected chi connectivity index (χ2v) is 6.43. The van der Waals surface area contributed by atoms with Crippen LogP contribution in [-0.4, -0.2) is 31.4 Å². The molecule has 0 amide bonds. The summed E-state index contributed by atoms with van der Waals surface area (Å²) in [7, 11) is 4.23. The summed E-state index contributed by atoms with van der Waals surface area (Å²) in [6, 6.07) is 19.3. The van der Waals surface area contributed by atoms with E-state index >= 15 is 0 Å². The number of halogens is 2. The zero-order chi connectivity index (χ0) is 18.8. The van der Waals surface area contributed by atoms with Gasteiger partial charge in [0.1, 0.15) is 6.54 Å². The number of nitrogens with zero attached hydrogens (tertiary/aromatic N) is 2. The maximum absolute atomic E-state index is 2.94. The van der Waals surface area contributed by atoms with Gasteiger partial charge in [0, 0.05) is 25.1 Å². The van der Waals surface area contributed by atoms with Crippen LogP contribution in [0.25, 0.3) is 22.9 Å². The average Bonchev–Trinajstić information content (AvgIpc) is 2.68. The molecule has 0 bridgehead atoms. The summed E-state index contributed by atoms with van der Waals surface area (Å²) in [5, 5.41) is 2.58. The molecule has 0 radical (unpaired) electrons. The standard InChI is InChI=1S/C22H25N2.CH3Br.BrH/c1-23(2)15-6-16-24-17-13-19(14-18-24)11-12-21-9-5-8-20-7-3-4-10-22(20)21;1-2;/h3-5,7-14,17-18H,6,15-16H2,1-2H3;1H3;1H/q+1;;/p-1/b12-11+;;. The molecular formula is C23H28Br2N2. The minimum atomic E-state index is 0. The van der Waals surface area contributed by atoms with Crippen molar-refractivity contribution in [1.82, 2.24) is 4.90 Å². The number of hydrogen-bond acceptors (Lipinski definition) is 1. The molecule has 1 aromatic heterocycles. The fraction of sp³-hybridized carbons (Fsp3) is 0.261. The van der Waals surface area contributed by atoms with Crippen molar-refractivity contribution in [1.29, 1.82) is 0 Å². The normalized spacial score (nSPS) is 10.6. The van der Waals surface area contributed by atoms with Gasteiger partial charge in [0.25, 0.3) is 0 Å². The van der Waals surface area contributed by atoms with Crippen molar-refractivity contribution in [2.24, 2.45) is 0 Å². The largest absolute Gasteiger partial charge is 1.00 e. The lowest BCUT2D eigenvalue weighted by atomic mass is 10.0. The molecule has 3 rings (SSSR count). The van der Waals surface area contributed by atoms with Crippen LogP contribution >= 0.6 is 15.9 Å². The Morgan fingerprint density at radius 3 is 2.26 bits per heavy atom.